The minimum absolute atomic E-state index is 0.186. The zero-order chi connectivity index (χ0) is 14.5. The van der Waals surface area contributed by atoms with Gasteiger partial charge < -0.3 is 10.1 Å². The molecule has 0 aliphatic heterocycles. The summed E-state index contributed by atoms with van der Waals surface area (Å²) in [5.41, 5.74) is 0.222. The summed E-state index contributed by atoms with van der Waals surface area (Å²) in [6, 6.07) is 1.56. The first-order valence-electron chi connectivity index (χ1n) is 5.65. The molecule has 0 aromatic carbocycles. The number of carbonyl (C=O) groups excluding carboxylic acids is 2. The summed E-state index contributed by atoms with van der Waals surface area (Å²) in [7, 11) is 1.26. The van der Waals surface area contributed by atoms with Crippen molar-refractivity contribution in [1.29, 1.82) is 0 Å². The second-order valence-corrected chi connectivity index (χ2v) is 4.75. The number of nitrogens with zero attached hydrogens (tertiary/aromatic N) is 4. The third-order valence-electron chi connectivity index (χ3n) is 2.39. The van der Waals surface area contributed by atoms with Crippen molar-refractivity contribution < 1.29 is 14.3 Å². The topological polar surface area (TPSA) is 91.0 Å². The first kappa shape index (κ1) is 14.3. The van der Waals surface area contributed by atoms with Crippen LogP contribution in [-0.4, -0.2) is 45.1 Å². The molecular weight excluding hydrogens is 330 g/mol. The molecule has 0 spiro atoms. The van der Waals surface area contributed by atoms with E-state index < -0.39 is 11.9 Å². The van der Waals surface area contributed by atoms with Gasteiger partial charge in [0.2, 0.25) is 0 Å². The number of ether oxygens (including phenoxy) is 1. The quantitative estimate of drug-likeness (QED) is 0.787. The molecule has 0 aliphatic carbocycles. The van der Waals surface area contributed by atoms with E-state index in [9.17, 15) is 9.59 Å². The molecule has 0 radical (unpaired) electrons. The number of esters is 1. The maximum Gasteiger partial charge on any atom is 0.325 e. The van der Waals surface area contributed by atoms with Crippen LogP contribution < -0.4 is 5.32 Å². The van der Waals surface area contributed by atoms with Crippen molar-refractivity contribution in [2.75, 3.05) is 13.7 Å². The van der Waals surface area contributed by atoms with Crippen LogP contribution in [0.4, 0.5) is 0 Å². The van der Waals surface area contributed by atoms with Crippen LogP contribution in [0.2, 0.25) is 0 Å². The summed E-state index contributed by atoms with van der Waals surface area (Å²) in [4.78, 5) is 22.6. The van der Waals surface area contributed by atoms with Gasteiger partial charge in [0, 0.05) is 12.4 Å². The summed E-state index contributed by atoms with van der Waals surface area (Å²) in [5, 5.41) is 10.6. The van der Waals surface area contributed by atoms with Gasteiger partial charge >= 0.3 is 5.97 Å². The SMILES string of the molecule is COC(=O)CNC(=O)c1ccn(Cn2cc(Br)cn2)n1. The Balaban J connectivity index is 1.94. The Morgan fingerprint density at radius 2 is 2.25 bits per heavy atom. The van der Waals surface area contributed by atoms with Crippen LogP contribution in [0.3, 0.4) is 0 Å². The molecule has 2 aromatic rings. The molecule has 1 N–H and O–H groups in total. The molecule has 106 valence electrons. The van der Waals surface area contributed by atoms with Crippen molar-refractivity contribution in [1.82, 2.24) is 24.9 Å². The zero-order valence-corrected chi connectivity index (χ0v) is 12.2. The molecule has 2 rings (SSSR count). The van der Waals surface area contributed by atoms with Gasteiger partial charge in [0.25, 0.3) is 5.91 Å². The number of halogens is 1. The maximum absolute atomic E-state index is 11.7. The predicted octanol–water partition coefficient (Wildman–Crippen LogP) is 0.251. The highest BCUT2D eigenvalue weighted by Gasteiger charge is 2.11. The highest BCUT2D eigenvalue weighted by molar-refractivity contribution is 9.10. The third kappa shape index (κ3) is 3.67. The molecule has 8 nitrogen and oxygen atoms in total. The second-order valence-electron chi connectivity index (χ2n) is 3.84. The molecule has 0 aliphatic rings. The van der Waals surface area contributed by atoms with Crippen LogP contribution in [0.5, 0.6) is 0 Å². The van der Waals surface area contributed by atoms with Crippen LogP contribution in [0.15, 0.2) is 29.1 Å². The minimum atomic E-state index is -0.515. The van der Waals surface area contributed by atoms with Gasteiger partial charge in [0.1, 0.15) is 18.9 Å². The Kier molecular flexibility index (Phi) is 4.51. The monoisotopic (exact) mass is 341 g/mol. The Hall–Kier alpha value is -2.16. The van der Waals surface area contributed by atoms with Crippen LogP contribution in [-0.2, 0) is 16.2 Å². The van der Waals surface area contributed by atoms with Gasteiger partial charge in [-0.3, -0.25) is 14.3 Å². The van der Waals surface area contributed by atoms with E-state index in [0.29, 0.717) is 6.67 Å². The average molecular weight is 342 g/mol. The highest BCUT2D eigenvalue weighted by Crippen LogP contribution is 2.06. The van der Waals surface area contributed by atoms with E-state index >= 15 is 0 Å². The number of nitrogens with one attached hydrogen (secondary N) is 1. The lowest BCUT2D eigenvalue weighted by Crippen LogP contribution is -2.30. The number of hydrogen-bond acceptors (Lipinski definition) is 5. The fraction of sp³-hybridized carbons (Fsp3) is 0.273. The number of methoxy groups -OCH3 is 1. The molecule has 2 heterocycles. The van der Waals surface area contributed by atoms with E-state index in [2.05, 4.69) is 36.2 Å². The Labute approximate surface area is 122 Å². The Morgan fingerprint density at radius 3 is 2.90 bits per heavy atom. The van der Waals surface area contributed by atoms with Crippen molar-refractivity contribution in [2.45, 2.75) is 6.67 Å². The number of rotatable bonds is 5. The van der Waals surface area contributed by atoms with Gasteiger partial charge in [-0.1, -0.05) is 0 Å². The molecule has 0 bridgehead atoms. The average Bonchev–Trinajstić information content (AvgIpc) is 3.05. The van der Waals surface area contributed by atoms with E-state index in [0.717, 1.165) is 4.47 Å². The van der Waals surface area contributed by atoms with Crippen molar-refractivity contribution in [2.24, 2.45) is 0 Å². The van der Waals surface area contributed by atoms with E-state index in [1.165, 1.54) is 7.11 Å². The van der Waals surface area contributed by atoms with Gasteiger partial charge in [0.05, 0.1) is 17.8 Å². The summed E-state index contributed by atoms with van der Waals surface area (Å²) >= 11 is 3.29. The molecule has 0 atom stereocenters. The van der Waals surface area contributed by atoms with Gasteiger partial charge in [-0.05, 0) is 22.0 Å². The van der Waals surface area contributed by atoms with Crippen molar-refractivity contribution in [3.05, 3.63) is 34.8 Å². The largest absolute Gasteiger partial charge is 0.468 e. The zero-order valence-electron chi connectivity index (χ0n) is 10.6. The molecule has 9 heteroatoms. The summed E-state index contributed by atoms with van der Waals surface area (Å²) in [5.74, 6) is -0.949. The van der Waals surface area contributed by atoms with Crippen LogP contribution >= 0.6 is 15.9 Å². The molecule has 0 unspecified atom stereocenters. The standard InChI is InChI=1S/C11H12BrN5O3/c1-20-10(18)5-13-11(19)9-2-3-16(15-9)7-17-6-8(12)4-14-17/h2-4,6H,5,7H2,1H3,(H,13,19). The van der Waals surface area contributed by atoms with Gasteiger partial charge in [0.15, 0.2) is 0 Å². The molecule has 0 fully saturated rings. The molecule has 0 saturated heterocycles. The van der Waals surface area contributed by atoms with Crippen LogP contribution in [0.25, 0.3) is 0 Å². The van der Waals surface area contributed by atoms with Crippen molar-refractivity contribution >= 4 is 27.8 Å². The number of amides is 1. The molecule has 0 saturated carbocycles. The van der Waals surface area contributed by atoms with E-state index in [1.807, 2.05) is 0 Å². The van der Waals surface area contributed by atoms with E-state index in [-0.39, 0.29) is 12.2 Å². The number of aromatic nitrogens is 4. The summed E-state index contributed by atoms with van der Waals surface area (Å²) in [6.45, 7) is 0.199. The van der Waals surface area contributed by atoms with Gasteiger partial charge in [-0.15, -0.1) is 0 Å². The van der Waals surface area contributed by atoms with Crippen LogP contribution in [0.1, 0.15) is 10.5 Å². The Morgan fingerprint density at radius 1 is 1.45 bits per heavy atom. The summed E-state index contributed by atoms with van der Waals surface area (Å²) in [6.07, 6.45) is 5.11. The number of hydrogen-bond donors (Lipinski definition) is 1. The lowest BCUT2D eigenvalue weighted by Gasteiger charge is -2.02. The fourth-order valence-corrected chi connectivity index (χ4v) is 1.77. The Bertz CT molecular complexity index is 621. The maximum atomic E-state index is 11.7. The molecule has 1 amide bonds. The van der Waals surface area contributed by atoms with E-state index in [4.69, 9.17) is 0 Å². The lowest BCUT2D eigenvalue weighted by molar-refractivity contribution is -0.139. The first-order chi connectivity index (χ1) is 9.58. The van der Waals surface area contributed by atoms with Crippen molar-refractivity contribution in [3.63, 3.8) is 0 Å². The molecular formula is C11H12BrN5O3. The second kappa shape index (κ2) is 6.33. The van der Waals surface area contributed by atoms with Crippen LogP contribution in [0, 0.1) is 0 Å². The van der Waals surface area contributed by atoms with Gasteiger partial charge in [-0.25, -0.2) is 4.68 Å². The lowest BCUT2D eigenvalue weighted by atomic mass is 10.4. The fourth-order valence-electron chi connectivity index (χ4n) is 1.44. The molecule has 20 heavy (non-hydrogen) atoms. The smallest absolute Gasteiger partial charge is 0.325 e. The summed E-state index contributed by atoms with van der Waals surface area (Å²) < 4.78 is 8.51. The van der Waals surface area contributed by atoms with Gasteiger partial charge in [-0.2, -0.15) is 10.2 Å². The number of carbonyl (C=O) groups is 2. The minimum Gasteiger partial charge on any atom is -0.468 e. The van der Waals surface area contributed by atoms with Crippen molar-refractivity contribution in [3.8, 4) is 0 Å². The third-order valence-corrected chi connectivity index (χ3v) is 2.80. The highest BCUT2D eigenvalue weighted by atomic mass is 79.9. The predicted molar refractivity (Wildman–Crippen MR) is 71.9 cm³/mol. The van der Waals surface area contributed by atoms with E-state index in [1.54, 1.807) is 34.0 Å². The normalized spacial score (nSPS) is 10.3. The first-order valence-corrected chi connectivity index (χ1v) is 6.44. The molecule has 2 aromatic heterocycles.